The molecule has 58 heavy (non-hydrogen) atoms. The lowest BCUT2D eigenvalue weighted by molar-refractivity contribution is -0.161. The third-order valence-electron chi connectivity index (χ3n) is 9.01. The lowest BCUT2D eigenvalue weighted by Gasteiger charge is -2.15. The smallest absolute Gasteiger partial charge is 0.407 e. The number of carbonyl (C=O) groups excluding carboxylic acids is 5. The summed E-state index contributed by atoms with van der Waals surface area (Å²) in [6.45, 7) is 3.48. The zero-order valence-corrected chi connectivity index (χ0v) is 32.2. The van der Waals surface area contributed by atoms with Gasteiger partial charge in [-0.25, -0.2) is 14.4 Å². The van der Waals surface area contributed by atoms with E-state index in [1.165, 1.54) is 42.4 Å². The zero-order valence-electron chi connectivity index (χ0n) is 32.2. The summed E-state index contributed by atoms with van der Waals surface area (Å²) in [4.78, 5) is 77.0. The number of alkyl carbamates (subject to hydrolysis) is 1. The number of nitrogens with zero attached hydrogens (tertiary/aromatic N) is 1. The first-order chi connectivity index (χ1) is 28.2. The fourth-order valence-electron chi connectivity index (χ4n) is 6.21. The molecule has 0 bridgehead atoms. The van der Waals surface area contributed by atoms with Crippen LogP contribution in [0.2, 0.25) is 0 Å². The van der Waals surface area contributed by atoms with Crippen LogP contribution in [0.5, 0.6) is 0 Å². The Bertz CT molecular complexity index is 2040. The Labute approximate surface area is 334 Å². The van der Waals surface area contributed by atoms with Crippen LogP contribution in [-0.4, -0.2) is 115 Å². The largest absolute Gasteiger partial charge is 0.449 e. The van der Waals surface area contributed by atoms with Crippen molar-refractivity contribution in [2.75, 3.05) is 79.6 Å². The average Bonchev–Trinajstić information content (AvgIpc) is 3.54. The van der Waals surface area contributed by atoms with E-state index in [0.717, 1.165) is 16.2 Å². The lowest BCUT2D eigenvalue weighted by Crippen LogP contribution is -2.30. The summed E-state index contributed by atoms with van der Waals surface area (Å²) in [7, 11) is 1.25. The van der Waals surface area contributed by atoms with Gasteiger partial charge in [-0.2, -0.15) is 5.06 Å². The summed E-state index contributed by atoms with van der Waals surface area (Å²) in [5, 5.41) is 6.64. The van der Waals surface area contributed by atoms with Crippen molar-refractivity contribution in [3.63, 3.8) is 0 Å². The van der Waals surface area contributed by atoms with Gasteiger partial charge in [0.25, 0.3) is 5.91 Å². The summed E-state index contributed by atoms with van der Waals surface area (Å²) in [5.74, 6) is -1.77. The van der Waals surface area contributed by atoms with Gasteiger partial charge in [-0.3, -0.25) is 9.59 Å². The molecule has 1 aliphatic rings. The van der Waals surface area contributed by atoms with Gasteiger partial charge in [0.15, 0.2) is 0 Å². The molecule has 16 heteroatoms. The molecule has 2 N–H and O–H groups in total. The quantitative estimate of drug-likeness (QED) is 0.0478. The predicted octanol–water partition coefficient (Wildman–Crippen LogP) is 3.57. The molecule has 308 valence electrons. The Morgan fingerprint density at radius 1 is 0.759 bits per heavy atom. The van der Waals surface area contributed by atoms with E-state index < -0.39 is 23.6 Å². The minimum absolute atomic E-state index is 0.00448. The molecule has 0 aliphatic heterocycles. The molecule has 0 unspecified atom stereocenters. The molecule has 3 amide bonds. The van der Waals surface area contributed by atoms with E-state index in [2.05, 4.69) is 34.9 Å². The second kappa shape index (κ2) is 22.7. The lowest BCUT2D eigenvalue weighted by atomic mass is 9.98. The van der Waals surface area contributed by atoms with Gasteiger partial charge in [0.1, 0.15) is 18.5 Å². The highest BCUT2D eigenvalue weighted by Gasteiger charge is 2.29. The second-order valence-corrected chi connectivity index (χ2v) is 13.0. The monoisotopic (exact) mass is 801 g/mol. The van der Waals surface area contributed by atoms with Gasteiger partial charge in [-0.1, -0.05) is 54.6 Å². The Morgan fingerprint density at radius 2 is 1.34 bits per heavy atom. The Hall–Kier alpha value is -5.94. The Balaban J connectivity index is 0.848. The van der Waals surface area contributed by atoms with Crippen molar-refractivity contribution >= 4 is 41.1 Å². The number of benzene rings is 3. The van der Waals surface area contributed by atoms with E-state index in [1.807, 2.05) is 24.3 Å². The maximum atomic E-state index is 12.6. The van der Waals surface area contributed by atoms with Crippen LogP contribution in [0.3, 0.4) is 0 Å². The van der Waals surface area contributed by atoms with Crippen LogP contribution >= 0.6 is 0 Å². The van der Waals surface area contributed by atoms with Crippen LogP contribution in [0.1, 0.15) is 45.8 Å². The minimum atomic E-state index is -0.869. The molecule has 1 aromatic heterocycles. The number of carbonyl (C=O) groups is 5. The molecule has 3 aromatic carbocycles. The van der Waals surface area contributed by atoms with Gasteiger partial charge in [0.05, 0.1) is 64.8 Å². The van der Waals surface area contributed by atoms with E-state index in [4.69, 9.17) is 32.9 Å². The summed E-state index contributed by atoms with van der Waals surface area (Å²) in [6.07, 6.45) is -0.139. The van der Waals surface area contributed by atoms with Crippen molar-refractivity contribution in [1.82, 2.24) is 15.7 Å². The molecular weight excluding hydrogens is 754 g/mol. The number of hydroxylamine groups is 2. The fraction of sp³-hybridized carbons (Fsp3) is 0.381. The van der Waals surface area contributed by atoms with Gasteiger partial charge in [0.2, 0.25) is 5.91 Å². The van der Waals surface area contributed by atoms with E-state index in [0.29, 0.717) is 70.0 Å². The highest BCUT2D eigenvalue weighted by atomic mass is 16.7. The first-order valence-electron chi connectivity index (χ1n) is 18.9. The van der Waals surface area contributed by atoms with Crippen molar-refractivity contribution in [2.45, 2.75) is 25.2 Å². The molecule has 0 radical (unpaired) electrons. The van der Waals surface area contributed by atoms with Crippen molar-refractivity contribution in [3.8, 4) is 11.1 Å². The Morgan fingerprint density at radius 3 is 1.97 bits per heavy atom. The van der Waals surface area contributed by atoms with Crippen LogP contribution in [0.4, 0.5) is 4.79 Å². The van der Waals surface area contributed by atoms with Crippen LogP contribution in [0.15, 0.2) is 82.0 Å². The first kappa shape index (κ1) is 43.2. The average molecular weight is 802 g/mol. The molecule has 0 fully saturated rings. The second-order valence-electron chi connectivity index (χ2n) is 13.0. The van der Waals surface area contributed by atoms with Gasteiger partial charge < -0.3 is 48.4 Å². The summed E-state index contributed by atoms with van der Waals surface area (Å²) in [6, 6.07) is 21.8. The third kappa shape index (κ3) is 12.8. The number of rotatable bonds is 23. The Kier molecular flexibility index (Phi) is 16.9. The fourth-order valence-corrected chi connectivity index (χ4v) is 6.21. The van der Waals surface area contributed by atoms with E-state index in [1.54, 1.807) is 0 Å². The van der Waals surface area contributed by atoms with Crippen LogP contribution in [0, 0.1) is 0 Å². The van der Waals surface area contributed by atoms with Crippen molar-refractivity contribution in [3.05, 3.63) is 105 Å². The number of amides is 3. The molecule has 16 nitrogen and oxygen atoms in total. The molecule has 1 aliphatic carbocycles. The van der Waals surface area contributed by atoms with Crippen LogP contribution in [0.25, 0.3) is 22.1 Å². The van der Waals surface area contributed by atoms with Crippen molar-refractivity contribution in [1.29, 1.82) is 0 Å². The van der Waals surface area contributed by atoms with Crippen LogP contribution in [-0.2, 0) is 49.3 Å². The SMILES string of the molecule is CN(OC(=O)c1ccc2c(CC(=O)NCCOCCOCCOCCOCCNC(=O)OCC3c4ccccc4-c4ccccc43)cc(=O)oc2c1)C(=O)CCC=O. The normalized spacial score (nSPS) is 11.7. The molecule has 1 heterocycles. The number of aldehydes is 1. The van der Waals surface area contributed by atoms with Gasteiger partial charge in [-0.05, 0) is 39.9 Å². The zero-order chi connectivity index (χ0) is 41.1. The number of fused-ring (bicyclic) bond motifs is 4. The number of nitrogens with one attached hydrogen (secondary N) is 2. The van der Waals surface area contributed by atoms with E-state index in [9.17, 15) is 28.8 Å². The van der Waals surface area contributed by atoms with Crippen molar-refractivity contribution in [2.24, 2.45) is 0 Å². The summed E-state index contributed by atoms with van der Waals surface area (Å²) < 4.78 is 32.8. The number of hydrogen-bond acceptors (Lipinski definition) is 13. The summed E-state index contributed by atoms with van der Waals surface area (Å²) >= 11 is 0. The van der Waals surface area contributed by atoms with E-state index >= 15 is 0 Å². The third-order valence-corrected chi connectivity index (χ3v) is 9.01. The molecule has 0 atom stereocenters. The maximum absolute atomic E-state index is 12.6. The molecule has 0 saturated heterocycles. The molecule has 0 saturated carbocycles. The topological polar surface area (TPSA) is 198 Å². The molecular formula is C42H47N3O13. The van der Waals surface area contributed by atoms with Crippen LogP contribution < -0.4 is 16.3 Å². The number of ether oxygens (including phenoxy) is 5. The van der Waals surface area contributed by atoms with Gasteiger partial charge >= 0.3 is 17.7 Å². The highest BCUT2D eigenvalue weighted by Crippen LogP contribution is 2.44. The standard InChI is InChI=1S/C42H47N3O13/c1-45(39(48)11-6-16-46)58-41(50)29-12-13-31-30(27-40(49)57-37(31)25-29)26-38(47)43-14-17-52-19-21-54-23-24-55-22-20-53-18-15-44-42(51)56-28-36-34-9-4-2-7-32(34)33-8-3-5-10-35(33)36/h2-5,7-10,12-13,16,25,27,36H,6,11,14-15,17-24,26,28H2,1H3,(H,43,47)(H,44,51). The van der Waals surface area contributed by atoms with Gasteiger partial charge in [-0.15, -0.1) is 0 Å². The molecule has 0 spiro atoms. The molecule has 5 rings (SSSR count). The highest BCUT2D eigenvalue weighted by molar-refractivity contribution is 5.96. The van der Waals surface area contributed by atoms with Gasteiger partial charge in [0, 0.05) is 50.3 Å². The first-order valence-corrected chi connectivity index (χ1v) is 18.9. The van der Waals surface area contributed by atoms with Crippen molar-refractivity contribution < 1.29 is 56.9 Å². The predicted molar refractivity (Wildman–Crippen MR) is 209 cm³/mol. The summed E-state index contributed by atoms with van der Waals surface area (Å²) in [5.41, 5.74) is 4.45. The maximum Gasteiger partial charge on any atom is 0.407 e. The minimum Gasteiger partial charge on any atom is -0.449 e. The molecule has 4 aromatic rings. The van der Waals surface area contributed by atoms with E-state index in [-0.39, 0.29) is 62.0 Å². The number of hydrogen-bond donors (Lipinski definition) is 2.